The van der Waals surface area contributed by atoms with Crippen LogP contribution in [0.1, 0.15) is 52.5 Å². The Balaban J connectivity index is 1.40. The summed E-state index contributed by atoms with van der Waals surface area (Å²) in [5.41, 5.74) is 1.43. The highest BCUT2D eigenvalue weighted by Crippen LogP contribution is 2.31. The van der Waals surface area contributed by atoms with E-state index in [0.29, 0.717) is 5.92 Å². The van der Waals surface area contributed by atoms with E-state index in [2.05, 4.69) is 27.8 Å². The molecule has 1 aromatic rings. The van der Waals surface area contributed by atoms with Crippen molar-refractivity contribution in [1.29, 1.82) is 0 Å². The minimum Gasteiger partial charge on any atom is -0.444 e. The molecule has 1 atom stereocenters. The standard InChI is InChI=1S/C24H39N5O2/c1-5-25-22(27-16-19-13-15-29(17-19)21-10-11-21)26-14-12-18-6-8-20(9-7-18)28-23(30)31-24(2,3)4/h6-9,19,21H,5,10-17H2,1-4H3,(H,28,30)(H2,25,26,27). The van der Waals surface area contributed by atoms with Crippen LogP contribution in [0.3, 0.4) is 0 Å². The lowest BCUT2D eigenvalue weighted by Crippen LogP contribution is -2.38. The van der Waals surface area contributed by atoms with E-state index in [4.69, 9.17) is 9.73 Å². The van der Waals surface area contributed by atoms with E-state index >= 15 is 0 Å². The lowest BCUT2D eigenvalue weighted by Gasteiger charge is -2.19. The van der Waals surface area contributed by atoms with Gasteiger partial charge in [0.1, 0.15) is 5.60 Å². The van der Waals surface area contributed by atoms with Crippen LogP contribution in [0.2, 0.25) is 0 Å². The van der Waals surface area contributed by atoms with Crippen LogP contribution in [0.15, 0.2) is 29.3 Å². The predicted molar refractivity (Wildman–Crippen MR) is 127 cm³/mol. The van der Waals surface area contributed by atoms with E-state index < -0.39 is 11.7 Å². The fraction of sp³-hybridized carbons (Fsp3) is 0.667. The second-order valence-corrected chi connectivity index (χ2v) is 9.60. The summed E-state index contributed by atoms with van der Waals surface area (Å²) in [5, 5.41) is 9.56. The molecule has 1 heterocycles. The average molecular weight is 430 g/mol. The number of guanidine groups is 1. The van der Waals surface area contributed by atoms with Crippen LogP contribution in [-0.4, -0.2) is 61.3 Å². The summed E-state index contributed by atoms with van der Waals surface area (Å²) in [6, 6.07) is 8.74. The maximum absolute atomic E-state index is 11.9. The molecule has 1 aliphatic heterocycles. The normalized spacial score (nSPS) is 19.9. The molecular formula is C24H39N5O2. The summed E-state index contributed by atoms with van der Waals surface area (Å²) in [4.78, 5) is 19.3. The maximum atomic E-state index is 11.9. The quantitative estimate of drug-likeness (QED) is 0.435. The number of benzene rings is 1. The molecule has 31 heavy (non-hydrogen) atoms. The molecule has 7 nitrogen and oxygen atoms in total. The van der Waals surface area contributed by atoms with Crippen LogP contribution in [-0.2, 0) is 11.2 Å². The van der Waals surface area contributed by atoms with Crippen LogP contribution in [0.4, 0.5) is 10.5 Å². The largest absolute Gasteiger partial charge is 0.444 e. The molecule has 1 unspecified atom stereocenters. The number of amides is 1. The number of aliphatic imine (C=N–C) groups is 1. The van der Waals surface area contributed by atoms with Crippen LogP contribution >= 0.6 is 0 Å². The molecule has 7 heteroatoms. The topological polar surface area (TPSA) is 78.0 Å². The Morgan fingerprint density at radius 1 is 1.16 bits per heavy atom. The smallest absolute Gasteiger partial charge is 0.412 e. The van der Waals surface area contributed by atoms with E-state index in [-0.39, 0.29) is 0 Å². The third-order valence-electron chi connectivity index (χ3n) is 5.54. The van der Waals surface area contributed by atoms with Gasteiger partial charge in [-0.05, 0) is 83.5 Å². The molecule has 2 aliphatic rings. The van der Waals surface area contributed by atoms with Crippen LogP contribution < -0.4 is 16.0 Å². The van der Waals surface area contributed by atoms with Crippen LogP contribution in [0, 0.1) is 5.92 Å². The number of carbonyl (C=O) groups is 1. The van der Waals surface area contributed by atoms with Crippen LogP contribution in [0.25, 0.3) is 0 Å². The lowest BCUT2D eigenvalue weighted by molar-refractivity contribution is 0.0636. The van der Waals surface area contributed by atoms with Crippen molar-refractivity contribution in [3.63, 3.8) is 0 Å². The number of nitrogens with one attached hydrogen (secondary N) is 3. The molecule has 1 aromatic carbocycles. The SMILES string of the molecule is CCNC(=NCC1CCN(C2CC2)C1)NCCc1ccc(NC(=O)OC(C)(C)C)cc1. The molecule has 0 radical (unpaired) electrons. The summed E-state index contributed by atoms with van der Waals surface area (Å²) in [6.45, 7) is 12.7. The van der Waals surface area contributed by atoms with E-state index in [0.717, 1.165) is 43.7 Å². The Labute approximate surface area is 187 Å². The zero-order chi connectivity index (χ0) is 22.3. The number of likely N-dealkylation sites (tertiary alicyclic amines) is 1. The first kappa shape index (κ1) is 23.4. The Hall–Kier alpha value is -2.28. The number of rotatable bonds is 8. The van der Waals surface area contributed by atoms with Gasteiger partial charge in [0.05, 0.1) is 0 Å². The van der Waals surface area contributed by atoms with Crippen molar-refractivity contribution in [3.05, 3.63) is 29.8 Å². The van der Waals surface area contributed by atoms with Gasteiger partial charge in [-0.2, -0.15) is 0 Å². The maximum Gasteiger partial charge on any atom is 0.412 e. The average Bonchev–Trinajstić information content (AvgIpc) is 3.44. The first-order chi connectivity index (χ1) is 14.8. The Morgan fingerprint density at radius 2 is 1.90 bits per heavy atom. The first-order valence-electron chi connectivity index (χ1n) is 11.7. The zero-order valence-electron chi connectivity index (χ0n) is 19.5. The monoisotopic (exact) mass is 429 g/mol. The van der Waals surface area contributed by atoms with Gasteiger partial charge in [0.2, 0.25) is 0 Å². The number of hydrogen-bond donors (Lipinski definition) is 3. The number of nitrogens with zero attached hydrogens (tertiary/aromatic N) is 2. The number of anilines is 1. The summed E-state index contributed by atoms with van der Waals surface area (Å²) in [5.74, 6) is 1.58. The van der Waals surface area contributed by atoms with Gasteiger partial charge in [-0.25, -0.2) is 4.79 Å². The van der Waals surface area contributed by atoms with Gasteiger partial charge < -0.3 is 20.3 Å². The summed E-state index contributed by atoms with van der Waals surface area (Å²) < 4.78 is 5.28. The molecule has 3 N–H and O–H groups in total. The Kier molecular flexibility index (Phi) is 8.18. The van der Waals surface area contributed by atoms with Gasteiger partial charge >= 0.3 is 6.09 Å². The number of ether oxygens (including phenoxy) is 1. The highest BCUT2D eigenvalue weighted by molar-refractivity contribution is 5.84. The molecule has 1 amide bonds. The van der Waals surface area contributed by atoms with Gasteiger partial charge in [0.15, 0.2) is 5.96 Å². The predicted octanol–water partition coefficient (Wildman–Crippen LogP) is 3.62. The van der Waals surface area contributed by atoms with Gasteiger partial charge in [-0.3, -0.25) is 10.3 Å². The Morgan fingerprint density at radius 3 is 2.55 bits per heavy atom. The Bertz CT molecular complexity index is 737. The minimum absolute atomic E-state index is 0.434. The molecule has 0 spiro atoms. The molecule has 0 aromatic heterocycles. The third-order valence-corrected chi connectivity index (χ3v) is 5.54. The van der Waals surface area contributed by atoms with E-state index in [1.165, 1.54) is 37.9 Å². The first-order valence-corrected chi connectivity index (χ1v) is 11.7. The van der Waals surface area contributed by atoms with E-state index in [9.17, 15) is 4.79 Å². The lowest BCUT2D eigenvalue weighted by atomic mass is 10.1. The molecule has 1 aliphatic carbocycles. The van der Waals surface area contributed by atoms with Crippen LogP contribution in [0.5, 0.6) is 0 Å². The third kappa shape index (κ3) is 8.40. The highest BCUT2D eigenvalue weighted by atomic mass is 16.6. The minimum atomic E-state index is -0.504. The highest BCUT2D eigenvalue weighted by Gasteiger charge is 2.34. The van der Waals surface area contributed by atoms with E-state index in [1.54, 1.807) is 0 Å². The fourth-order valence-electron chi connectivity index (χ4n) is 3.85. The molecule has 172 valence electrons. The van der Waals surface area contributed by atoms with E-state index in [1.807, 2.05) is 45.0 Å². The molecular weight excluding hydrogens is 390 g/mol. The summed E-state index contributed by atoms with van der Waals surface area (Å²) in [7, 11) is 0. The van der Waals surface area contributed by atoms with Crippen molar-refractivity contribution in [2.45, 2.75) is 65.0 Å². The molecule has 1 saturated carbocycles. The van der Waals surface area contributed by atoms with Gasteiger partial charge in [0.25, 0.3) is 0 Å². The number of hydrogen-bond acceptors (Lipinski definition) is 4. The zero-order valence-corrected chi connectivity index (χ0v) is 19.5. The molecule has 3 rings (SSSR count). The van der Waals surface area contributed by atoms with Crippen molar-refractivity contribution < 1.29 is 9.53 Å². The second kappa shape index (κ2) is 10.8. The van der Waals surface area contributed by atoms with Gasteiger partial charge in [0, 0.05) is 37.9 Å². The van der Waals surface area contributed by atoms with Crippen molar-refractivity contribution in [2.24, 2.45) is 10.9 Å². The fourth-order valence-corrected chi connectivity index (χ4v) is 3.85. The van der Waals surface area contributed by atoms with Crippen molar-refractivity contribution in [1.82, 2.24) is 15.5 Å². The van der Waals surface area contributed by atoms with Gasteiger partial charge in [-0.15, -0.1) is 0 Å². The number of carbonyl (C=O) groups excluding carboxylic acids is 1. The molecule has 0 bridgehead atoms. The molecule has 1 saturated heterocycles. The van der Waals surface area contributed by atoms with Crippen molar-refractivity contribution >= 4 is 17.7 Å². The van der Waals surface area contributed by atoms with Crippen molar-refractivity contribution in [2.75, 3.05) is 38.0 Å². The second-order valence-electron chi connectivity index (χ2n) is 9.60. The molecule has 2 fully saturated rings. The van der Waals surface area contributed by atoms with Gasteiger partial charge in [-0.1, -0.05) is 12.1 Å². The summed E-state index contributed by atoms with van der Waals surface area (Å²) in [6.07, 6.45) is 4.49. The van der Waals surface area contributed by atoms with Crippen molar-refractivity contribution in [3.8, 4) is 0 Å². The summed E-state index contributed by atoms with van der Waals surface area (Å²) >= 11 is 0.